The maximum atomic E-state index is 12.2. The van der Waals surface area contributed by atoms with Gasteiger partial charge in [0.2, 0.25) is 5.91 Å². The summed E-state index contributed by atoms with van der Waals surface area (Å²) in [6.45, 7) is 4.36. The van der Waals surface area contributed by atoms with Gasteiger partial charge < -0.3 is 15.5 Å². The third-order valence-electron chi connectivity index (χ3n) is 3.94. The average Bonchev–Trinajstić information content (AvgIpc) is 3.05. The zero-order valence-corrected chi connectivity index (χ0v) is 15.9. The first-order chi connectivity index (χ1) is 11.9. The van der Waals surface area contributed by atoms with Crippen molar-refractivity contribution < 1.29 is 9.59 Å². The van der Waals surface area contributed by atoms with Crippen molar-refractivity contribution in [1.29, 1.82) is 0 Å². The van der Waals surface area contributed by atoms with Crippen LogP contribution in [0, 0.1) is 13.8 Å². The van der Waals surface area contributed by atoms with Crippen molar-refractivity contribution in [2.75, 3.05) is 27.2 Å². The largest absolute Gasteiger partial charge is 0.353 e. The second-order valence-corrected chi connectivity index (χ2v) is 7.18. The number of nitrogens with one attached hydrogen (secondary N) is 2. The second kappa shape index (κ2) is 8.78. The van der Waals surface area contributed by atoms with Crippen LogP contribution in [-0.4, -0.2) is 43.9 Å². The molecule has 0 spiro atoms. The summed E-state index contributed by atoms with van der Waals surface area (Å²) in [4.78, 5) is 26.3. The summed E-state index contributed by atoms with van der Waals surface area (Å²) in [5.74, 6) is -0.427. The molecule has 6 heteroatoms. The highest BCUT2D eigenvalue weighted by molar-refractivity contribution is 7.07. The van der Waals surface area contributed by atoms with Gasteiger partial charge in [-0.05, 0) is 62.5 Å². The zero-order valence-electron chi connectivity index (χ0n) is 15.1. The van der Waals surface area contributed by atoms with E-state index in [0.29, 0.717) is 12.1 Å². The standard InChI is InChI=1S/C19H25N3O2S/c1-13-7-14(2)9-16(8-13)19(24)21-11-18(23)20-10-17(22(3)4)15-5-6-25-12-15/h5-9,12,17H,10-11H2,1-4H3,(H,20,23)(H,21,24)/t17-/m1/s1. The molecule has 1 aromatic carbocycles. The van der Waals surface area contributed by atoms with E-state index in [0.717, 1.165) is 11.1 Å². The highest BCUT2D eigenvalue weighted by atomic mass is 32.1. The van der Waals surface area contributed by atoms with Crippen LogP contribution in [0.25, 0.3) is 0 Å². The van der Waals surface area contributed by atoms with Crippen LogP contribution >= 0.6 is 11.3 Å². The Morgan fingerprint density at radius 1 is 1.12 bits per heavy atom. The van der Waals surface area contributed by atoms with Gasteiger partial charge in [0.05, 0.1) is 12.6 Å². The predicted octanol–water partition coefficient (Wildman–Crippen LogP) is 2.51. The Morgan fingerprint density at radius 3 is 2.36 bits per heavy atom. The van der Waals surface area contributed by atoms with Crippen LogP contribution < -0.4 is 10.6 Å². The molecule has 1 atom stereocenters. The lowest BCUT2D eigenvalue weighted by Gasteiger charge is -2.24. The minimum atomic E-state index is -0.232. The van der Waals surface area contributed by atoms with Crippen molar-refractivity contribution in [1.82, 2.24) is 15.5 Å². The lowest BCUT2D eigenvalue weighted by Crippen LogP contribution is -2.40. The third kappa shape index (κ3) is 5.69. The van der Waals surface area contributed by atoms with Gasteiger partial charge in [-0.2, -0.15) is 11.3 Å². The van der Waals surface area contributed by atoms with Gasteiger partial charge in [-0.25, -0.2) is 0 Å². The Balaban J connectivity index is 1.84. The van der Waals surface area contributed by atoms with Gasteiger partial charge in [0.15, 0.2) is 0 Å². The molecule has 0 aliphatic carbocycles. The molecule has 0 radical (unpaired) electrons. The first-order valence-electron chi connectivity index (χ1n) is 8.18. The third-order valence-corrected chi connectivity index (χ3v) is 4.64. The van der Waals surface area contributed by atoms with Crippen molar-refractivity contribution >= 4 is 23.2 Å². The average molecular weight is 359 g/mol. The molecule has 25 heavy (non-hydrogen) atoms. The number of thiophene rings is 1. The van der Waals surface area contributed by atoms with Gasteiger partial charge in [0.25, 0.3) is 5.91 Å². The molecule has 0 fully saturated rings. The lowest BCUT2D eigenvalue weighted by atomic mass is 10.1. The number of carbonyl (C=O) groups is 2. The fraction of sp³-hybridized carbons (Fsp3) is 0.368. The minimum absolute atomic E-state index is 0.0321. The normalized spacial score (nSPS) is 12.0. The predicted molar refractivity (Wildman–Crippen MR) is 102 cm³/mol. The molecule has 1 heterocycles. The molecular formula is C19H25N3O2S. The zero-order chi connectivity index (χ0) is 18.4. The summed E-state index contributed by atoms with van der Waals surface area (Å²) in [5.41, 5.74) is 3.81. The van der Waals surface area contributed by atoms with Gasteiger partial charge in [-0.1, -0.05) is 17.2 Å². The Labute approximate surface area is 153 Å². The van der Waals surface area contributed by atoms with E-state index in [1.807, 2.05) is 51.5 Å². The molecule has 0 saturated carbocycles. The molecule has 2 rings (SSSR count). The van der Waals surface area contributed by atoms with Crippen molar-refractivity contribution in [3.63, 3.8) is 0 Å². The van der Waals surface area contributed by atoms with Crippen LogP contribution in [0.3, 0.4) is 0 Å². The molecule has 0 unspecified atom stereocenters. The van der Waals surface area contributed by atoms with E-state index >= 15 is 0 Å². The number of hydrogen-bond donors (Lipinski definition) is 2. The number of amides is 2. The first kappa shape index (κ1) is 19.1. The van der Waals surface area contributed by atoms with Crippen molar-refractivity contribution in [2.45, 2.75) is 19.9 Å². The number of carbonyl (C=O) groups excluding carboxylic acids is 2. The van der Waals surface area contributed by atoms with E-state index in [2.05, 4.69) is 27.0 Å². The summed E-state index contributed by atoms with van der Waals surface area (Å²) >= 11 is 1.64. The van der Waals surface area contributed by atoms with E-state index in [1.165, 1.54) is 5.56 Å². The van der Waals surface area contributed by atoms with Crippen molar-refractivity contribution in [3.8, 4) is 0 Å². The Kier molecular flexibility index (Phi) is 6.73. The number of hydrogen-bond acceptors (Lipinski definition) is 4. The van der Waals surface area contributed by atoms with Crippen LogP contribution in [0.1, 0.15) is 33.1 Å². The maximum absolute atomic E-state index is 12.2. The molecule has 0 aliphatic rings. The van der Waals surface area contributed by atoms with Crippen molar-refractivity contribution in [3.05, 3.63) is 57.3 Å². The highest BCUT2D eigenvalue weighted by Gasteiger charge is 2.16. The van der Waals surface area contributed by atoms with Gasteiger partial charge >= 0.3 is 0 Å². The van der Waals surface area contributed by atoms with E-state index in [4.69, 9.17) is 0 Å². The summed E-state index contributed by atoms with van der Waals surface area (Å²) in [5, 5.41) is 9.68. The molecule has 5 nitrogen and oxygen atoms in total. The van der Waals surface area contributed by atoms with E-state index in [1.54, 1.807) is 11.3 Å². The molecule has 134 valence electrons. The summed E-state index contributed by atoms with van der Waals surface area (Å²) in [7, 11) is 3.96. The number of benzene rings is 1. The number of likely N-dealkylation sites (N-methyl/N-ethyl adjacent to an activating group) is 1. The van der Waals surface area contributed by atoms with Gasteiger partial charge in [-0.3, -0.25) is 9.59 Å². The fourth-order valence-electron chi connectivity index (χ4n) is 2.70. The smallest absolute Gasteiger partial charge is 0.251 e. The molecular weight excluding hydrogens is 334 g/mol. The molecule has 2 aromatic rings. The number of aryl methyl sites for hydroxylation is 2. The van der Waals surface area contributed by atoms with Crippen LogP contribution in [0.2, 0.25) is 0 Å². The second-order valence-electron chi connectivity index (χ2n) is 6.40. The maximum Gasteiger partial charge on any atom is 0.251 e. The first-order valence-corrected chi connectivity index (χ1v) is 9.13. The van der Waals surface area contributed by atoms with Crippen LogP contribution in [0.15, 0.2) is 35.0 Å². The quantitative estimate of drug-likeness (QED) is 0.798. The van der Waals surface area contributed by atoms with Crippen LogP contribution in [0.5, 0.6) is 0 Å². The van der Waals surface area contributed by atoms with Crippen molar-refractivity contribution in [2.24, 2.45) is 0 Å². The molecule has 0 aliphatic heterocycles. The monoisotopic (exact) mass is 359 g/mol. The Morgan fingerprint density at radius 2 is 1.80 bits per heavy atom. The summed E-state index contributed by atoms with van der Waals surface area (Å²) < 4.78 is 0. The molecule has 1 aromatic heterocycles. The van der Waals surface area contributed by atoms with E-state index < -0.39 is 0 Å². The Hall–Kier alpha value is -2.18. The topological polar surface area (TPSA) is 61.4 Å². The van der Waals surface area contributed by atoms with Gasteiger partial charge in [0, 0.05) is 12.1 Å². The molecule has 2 N–H and O–H groups in total. The molecule has 0 saturated heterocycles. The van der Waals surface area contributed by atoms with E-state index in [-0.39, 0.29) is 24.4 Å². The lowest BCUT2D eigenvalue weighted by molar-refractivity contribution is -0.120. The fourth-order valence-corrected chi connectivity index (χ4v) is 3.41. The number of nitrogens with zero attached hydrogens (tertiary/aromatic N) is 1. The molecule has 0 bridgehead atoms. The Bertz CT molecular complexity index is 706. The van der Waals surface area contributed by atoms with E-state index in [9.17, 15) is 9.59 Å². The summed E-state index contributed by atoms with van der Waals surface area (Å²) in [6.07, 6.45) is 0. The highest BCUT2D eigenvalue weighted by Crippen LogP contribution is 2.19. The minimum Gasteiger partial charge on any atom is -0.353 e. The van der Waals surface area contributed by atoms with Crippen LogP contribution in [0.4, 0.5) is 0 Å². The van der Waals surface area contributed by atoms with Crippen LogP contribution in [-0.2, 0) is 4.79 Å². The number of rotatable bonds is 7. The van der Waals surface area contributed by atoms with Gasteiger partial charge in [-0.15, -0.1) is 0 Å². The molecule has 2 amide bonds. The SMILES string of the molecule is Cc1cc(C)cc(C(=O)NCC(=O)NC[C@H](c2ccsc2)N(C)C)c1. The summed E-state index contributed by atoms with van der Waals surface area (Å²) in [6, 6.07) is 7.82. The van der Waals surface area contributed by atoms with Gasteiger partial charge in [0.1, 0.15) is 0 Å².